The Hall–Kier alpha value is -2.63. The molecule has 1 saturated carbocycles. The Morgan fingerprint density at radius 1 is 1.09 bits per heavy atom. The van der Waals surface area contributed by atoms with E-state index in [4.69, 9.17) is 11.6 Å². The van der Waals surface area contributed by atoms with Gasteiger partial charge < -0.3 is 10.6 Å². The average molecular weight is 523 g/mol. The van der Waals surface area contributed by atoms with Gasteiger partial charge in [-0.25, -0.2) is 17.9 Å². The molecule has 180 valence electrons. The van der Waals surface area contributed by atoms with Gasteiger partial charge in [-0.1, -0.05) is 11.6 Å². The Labute approximate surface area is 205 Å². The molecule has 1 aromatic carbocycles. The molecule has 3 heterocycles. The molecular formula is C22H23ClN4O5S2. The van der Waals surface area contributed by atoms with Gasteiger partial charge in [0, 0.05) is 29.9 Å². The molecule has 1 aromatic heterocycles. The van der Waals surface area contributed by atoms with E-state index in [-0.39, 0.29) is 34.5 Å². The normalized spacial score (nSPS) is 22.1. The number of amides is 4. The minimum atomic E-state index is -3.99. The van der Waals surface area contributed by atoms with Crippen LogP contribution in [0, 0.1) is 0 Å². The summed E-state index contributed by atoms with van der Waals surface area (Å²) in [5.74, 6) is -0.441. The van der Waals surface area contributed by atoms with Gasteiger partial charge in [-0.05, 0) is 67.5 Å². The maximum atomic E-state index is 13.2. The SMILES string of the molecule is O=C(NC1CCC(N2C(=O)Cc3c(ccc4c3CCN4)C2=O)CC1)NS(=O)(=O)c1ccc(Cl)s1. The van der Waals surface area contributed by atoms with Crippen molar-refractivity contribution in [2.24, 2.45) is 0 Å². The predicted molar refractivity (Wildman–Crippen MR) is 128 cm³/mol. The minimum Gasteiger partial charge on any atom is -0.384 e. The molecule has 0 spiro atoms. The zero-order chi connectivity index (χ0) is 24.0. The van der Waals surface area contributed by atoms with Gasteiger partial charge in [-0.3, -0.25) is 14.5 Å². The topological polar surface area (TPSA) is 125 Å². The molecule has 3 N–H and O–H groups in total. The summed E-state index contributed by atoms with van der Waals surface area (Å²) >= 11 is 6.64. The van der Waals surface area contributed by atoms with E-state index < -0.39 is 16.1 Å². The van der Waals surface area contributed by atoms with Crippen molar-refractivity contribution >= 4 is 56.5 Å². The van der Waals surface area contributed by atoms with Gasteiger partial charge in [0.15, 0.2) is 0 Å². The monoisotopic (exact) mass is 522 g/mol. The van der Waals surface area contributed by atoms with E-state index >= 15 is 0 Å². The van der Waals surface area contributed by atoms with Crippen LogP contribution in [-0.2, 0) is 27.7 Å². The number of imide groups is 1. The first kappa shape index (κ1) is 23.1. The molecule has 34 heavy (non-hydrogen) atoms. The van der Waals surface area contributed by atoms with Gasteiger partial charge in [0.05, 0.1) is 10.8 Å². The second-order valence-electron chi connectivity index (χ2n) is 8.68. The van der Waals surface area contributed by atoms with E-state index in [0.29, 0.717) is 35.6 Å². The van der Waals surface area contributed by atoms with Crippen LogP contribution in [0.1, 0.15) is 47.2 Å². The number of nitrogens with zero attached hydrogens (tertiary/aromatic N) is 1. The number of nitrogens with one attached hydrogen (secondary N) is 3. The number of hydrogen-bond donors (Lipinski definition) is 3. The van der Waals surface area contributed by atoms with Crippen molar-refractivity contribution in [1.29, 1.82) is 0 Å². The lowest BCUT2D eigenvalue weighted by molar-refractivity contribution is -0.130. The van der Waals surface area contributed by atoms with Crippen LogP contribution in [0.4, 0.5) is 10.5 Å². The molecule has 2 aromatic rings. The first-order valence-corrected chi connectivity index (χ1v) is 13.7. The van der Waals surface area contributed by atoms with Crippen molar-refractivity contribution in [2.45, 2.75) is 54.8 Å². The van der Waals surface area contributed by atoms with E-state index in [9.17, 15) is 22.8 Å². The third-order valence-electron chi connectivity index (χ3n) is 6.61. The first-order chi connectivity index (χ1) is 16.2. The molecule has 4 amide bonds. The third-order valence-corrected chi connectivity index (χ3v) is 9.66. The summed E-state index contributed by atoms with van der Waals surface area (Å²) in [4.78, 5) is 39.8. The summed E-state index contributed by atoms with van der Waals surface area (Å²) in [5, 5.41) is 5.97. The van der Waals surface area contributed by atoms with Crippen LogP contribution >= 0.6 is 22.9 Å². The van der Waals surface area contributed by atoms with Gasteiger partial charge in [-0.15, -0.1) is 11.3 Å². The lowest BCUT2D eigenvalue weighted by Gasteiger charge is -2.38. The Balaban J connectivity index is 1.20. The van der Waals surface area contributed by atoms with Crippen molar-refractivity contribution in [3.8, 4) is 0 Å². The van der Waals surface area contributed by atoms with Crippen LogP contribution < -0.4 is 15.4 Å². The summed E-state index contributed by atoms with van der Waals surface area (Å²) in [6.07, 6.45) is 3.17. The number of carbonyl (C=O) groups is 3. The molecule has 0 atom stereocenters. The molecule has 0 saturated heterocycles. The maximum absolute atomic E-state index is 13.2. The quantitative estimate of drug-likeness (QED) is 0.530. The van der Waals surface area contributed by atoms with E-state index in [2.05, 4.69) is 10.6 Å². The highest BCUT2D eigenvalue weighted by atomic mass is 35.5. The Kier molecular flexibility index (Phi) is 6.03. The fourth-order valence-electron chi connectivity index (χ4n) is 5.03. The second kappa shape index (κ2) is 8.86. The number of rotatable bonds is 4. The largest absolute Gasteiger partial charge is 0.384 e. The molecule has 5 rings (SSSR count). The zero-order valence-electron chi connectivity index (χ0n) is 18.1. The molecule has 3 aliphatic rings. The summed E-state index contributed by atoms with van der Waals surface area (Å²) in [7, 11) is -3.99. The Bertz CT molecular complexity index is 1280. The molecule has 1 aliphatic carbocycles. The van der Waals surface area contributed by atoms with Crippen LogP contribution in [0.25, 0.3) is 0 Å². The van der Waals surface area contributed by atoms with Crippen LogP contribution in [-0.4, -0.2) is 49.8 Å². The lowest BCUT2D eigenvalue weighted by atomic mass is 9.86. The molecule has 12 heteroatoms. The number of hydrogen-bond acceptors (Lipinski definition) is 7. The van der Waals surface area contributed by atoms with Crippen LogP contribution in [0.15, 0.2) is 28.5 Å². The lowest BCUT2D eigenvalue weighted by Crippen LogP contribution is -2.52. The van der Waals surface area contributed by atoms with Crippen molar-refractivity contribution in [1.82, 2.24) is 14.9 Å². The highest BCUT2D eigenvalue weighted by molar-refractivity contribution is 7.92. The van der Waals surface area contributed by atoms with Crippen LogP contribution in [0.3, 0.4) is 0 Å². The van der Waals surface area contributed by atoms with Crippen LogP contribution in [0.2, 0.25) is 4.34 Å². The summed E-state index contributed by atoms with van der Waals surface area (Å²) < 4.78 is 26.9. The van der Waals surface area contributed by atoms with E-state index in [1.54, 1.807) is 6.07 Å². The van der Waals surface area contributed by atoms with Crippen LogP contribution in [0.5, 0.6) is 0 Å². The predicted octanol–water partition coefficient (Wildman–Crippen LogP) is 2.89. The average Bonchev–Trinajstić information content (AvgIpc) is 3.44. The van der Waals surface area contributed by atoms with Gasteiger partial charge in [0.1, 0.15) is 4.21 Å². The number of carbonyl (C=O) groups excluding carboxylic acids is 3. The number of anilines is 1. The van der Waals surface area contributed by atoms with Gasteiger partial charge in [0.25, 0.3) is 15.9 Å². The number of halogens is 1. The molecule has 0 bridgehead atoms. The third kappa shape index (κ3) is 4.27. The number of urea groups is 1. The highest BCUT2D eigenvalue weighted by Gasteiger charge is 2.39. The van der Waals surface area contributed by atoms with Gasteiger partial charge in [0.2, 0.25) is 5.91 Å². The van der Waals surface area contributed by atoms with Gasteiger partial charge in [-0.2, -0.15) is 0 Å². The molecule has 1 fully saturated rings. The molecule has 0 unspecified atom stereocenters. The second-order valence-corrected chi connectivity index (χ2v) is 12.3. The maximum Gasteiger partial charge on any atom is 0.328 e. The summed E-state index contributed by atoms with van der Waals surface area (Å²) in [5.41, 5.74) is 3.51. The zero-order valence-corrected chi connectivity index (χ0v) is 20.5. The van der Waals surface area contributed by atoms with Crippen molar-refractivity contribution in [3.05, 3.63) is 45.3 Å². The Morgan fingerprint density at radius 2 is 1.85 bits per heavy atom. The minimum absolute atomic E-state index is 0.0415. The van der Waals surface area contributed by atoms with E-state index in [1.807, 2.05) is 10.8 Å². The van der Waals surface area contributed by atoms with Gasteiger partial charge >= 0.3 is 6.03 Å². The van der Waals surface area contributed by atoms with Crippen molar-refractivity contribution < 1.29 is 22.8 Å². The number of thiophene rings is 1. The van der Waals surface area contributed by atoms with E-state index in [1.165, 1.54) is 17.0 Å². The van der Waals surface area contributed by atoms with E-state index in [0.717, 1.165) is 41.1 Å². The number of fused-ring (bicyclic) bond motifs is 3. The first-order valence-electron chi connectivity index (χ1n) is 11.1. The molecular weight excluding hydrogens is 500 g/mol. The molecule has 0 radical (unpaired) electrons. The van der Waals surface area contributed by atoms with Crippen molar-refractivity contribution in [2.75, 3.05) is 11.9 Å². The highest BCUT2D eigenvalue weighted by Crippen LogP contribution is 2.35. The molecule has 2 aliphatic heterocycles. The Morgan fingerprint density at radius 3 is 2.56 bits per heavy atom. The summed E-state index contributed by atoms with van der Waals surface area (Å²) in [6.45, 7) is 0.810. The number of benzene rings is 1. The smallest absolute Gasteiger partial charge is 0.328 e. The standard InChI is InChI=1S/C22H23ClN4O5S2/c23-18-7-8-20(33-18)34(31,32)26-22(30)25-12-1-3-13(4-2-12)27-19(28)11-16-14-9-10-24-17(14)6-5-15(16)21(27)29/h5-8,12-13,24H,1-4,9-11H2,(H2,25,26,30). The number of sulfonamides is 1. The summed E-state index contributed by atoms with van der Waals surface area (Å²) in [6, 6.07) is 5.19. The molecule has 9 nitrogen and oxygen atoms in total. The van der Waals surface area contributed by atoms with Crippen molar-refractivity contribution in [3.63, 3.8) is 0 Å². The fraction of sp³-hybridized carbons (Fsp3) is 0.409. The fourth-order valence-corrected chi connectivity index (χ4v) is 7.42.